The first kappa shape index (κ1) is 15.1. The van der Waals surface area contributed by atoms with Crippen LogP contribution in [0.5, 0.6) is 11.5 Å². The van der Waals surface area contributed by atoms with Crippen molar-refractivity contribution in [2.24, 2.45) is 5.73 Å². The average Bonchev–Trinajstić information content (AvgIpc) is 2.84. The molecule has 1 amide bonds. The number of benzene rings is 2. The summed E-state index contributed by atoms with van der Waals surface area (Å²) in [5.74, 6) is -0.561. The van der Waals surface area contributed by atoms with Crippen LogP contribution in [0.4, 0.5) is 5.69 Å². The second-order valence-electron chi connectivity index (χ2n) is 5.78. The van der Waals surface area contributed by atoms with Crippen molar-refractivity contribution in [3.05, 3.63) is 65.0 Å². The molecule has 1 atom stereocenters. The van der Waals surface area contributed by atoms with E-state index in [4.69, 9.17) is 10.5 Å². The number of carbonyl (C=O) groups is 1. The van der Waals surface area contributed by atoms with Gasteiger partial charge in [-0.1, -0.05) is 18.2 Å². The van der Waals surface area contributed by atoms with Gasteiger partial charge in [-0.15, -0.1) is 0 Å². The van der Waals surface area contributed by atoms with E-state index >= 15 is 0 Å². The van der Waals surface area contributed by atoms with Crippen LogP contribution in [0.3, 0.4) is 0 Å². The summed E-state index contributed by atoms with van der Waals surface area (Å²) < 4.78 is 5.48. The molecule has 0 aromatic heterocycles. The van der Waals surface area contributed by atoms with E-state index < -0.39 is 18.1 Å². The number of aromatic hydroxyl groups is 1. The van der Waals surface area contributed by atoms with Crippen molar-refractivity contribution in [3.8, 4) is 17.6 Å². The van der Waals surface area contributed by atoms with Gasteiger partial charge in [-0.3, -0.25) is 9.69 Å². The zero-order chi connectivity index (χ0) is 17.8. The lowest BCUT2D eigenvalue weighted by molar-refractivity contribution is -0.121. The van der Waals surface area contributed by atoms with Crippen LogP contribution < -0.4 is 15.4 Å². The molecule has 25 heavy (non-hydrogen) atoms. The molecule has 1 spiro atoms. The van der Waals surface area contributed by atoms with Crippen LogP contribution in [0.15, 0.2) is 53.9 Å². The van der Waals surface area contributed by atoms with Crippen LogP contribution in [-0.2, 0) is 10.2 Å². The Morgan fingerprint density at radius 1 is 1.24 bits per heavy atom. The van der Waals surface area contributed by atoms with Crippen molar-refractivity contribution in [1.82, 2.24) is 0 Å². The molecule has 2 aliphatic heterocycles. The molecular weight excluding hydrogens is 322 g/mol. The first-order valence-electron chi connectivity index (χ1n) is 7.49. The first-order chi connectivity index (χ1) is 12.1. The van der Waals surface area contributed by atoms with E-state index in [9.17, 15) is 20.3 Å². The normalized spacial score (nSPS) is 21.0. The van der Waals surface area contributed by atoms with Gasteiger partial charge in [0.05, 0.1) is 5.69 Å². The number of nitrogens with zero attached hydrogens (tertiary/aromatic N) is 2. The minimum atomic E-state index is -1.51. The number of phenols is 1. The topological polar surface area (TPSA) is 120 Å². The molecule has 4 rings (SSSR count). The Balaban J connectivity index is 2.16. The molecule has 2 aliphatic rings. The number of aliphatic hydroxyl groups is 1. The fourth-order valence-corrected chi connectivity index (χ4v) is 3.63. The van der Waals surface area contributed by atoms with Gasteiger partial charge in [-0.05, 0) is 18.2 Å². The molecule has 0 saturated heterocycles. The number of para-hydroxylation sites is 1. The number of carbonyl (C=O) groups excluding carboxylic acids is 1. The van der Waals surface area contributed by atoms with Gasteiger partial charge in [0.15, 0.2) is 0 Å². The summed E-state index contributed by atoms with van der Waals surface area (Å²) >= 11 is 0. The Hall–Kier alpha value is -3.50. The fraction of sp³-hybridized carbons (Fsp3) is 0.111. The third-order valence-corrected chi connectivity index (χ3v) is 4.63. The van der Waals surface area contributed by atoms with Crippen LogP contribution in [0.25, 0.3) is 0 Å². The van der Waals surface area contributed by atoms with Crippen LogP contribution in [0.2, 0.25) is 0 Å². The molecule has 2 heterocycles. The Morgan fingerprint density at radius 2 is 2.00 bits per heavy atom. The van der Waals surface area contributed by atoms with Gasteiger partial charge in [0, 0.05) is 17.2 Å². The van der Waals surface area contributed by atoms with Gasteiger partial charge in [0.1, 0.15) is 35.3 Å². The second kappa shape index (κ2) is 5.00. The molecule has 4 N–H and O–H groups in total. The molecular formula is C18H13N3O4. The summed E-state index contributed by atoms with van der Waals surface area (Å²) in [6.07, 6.45) is 0. The summed E-state index contributed by atoms with van der Waals surface area (Å²) in [4.78, 5) is 14.5. The number of amides is 1. The van der Waals surface area contributed by atoms with Crippen LogP contribution in [0, 0.1) is 11.3 Å². The third-order valence-electron chi connectivity index (χ3n) is 4.63. The van der Waals surface area contributed by atoms with Gasteiger partial charge in [0.25, 0.3) is 0 Å². The molecule has 7 nitrogen and oxygen atoms in total. The number of anilines is 1. The molecule has 0 saturated carbocycles. The molecule has 124 valence electrons. The third kappa shape index (κ3) is 1.69. The van der Waals surface area contributed by atoms with Gasteiger partial charge in [0.2, 0.25) is 11.8 Å². The number of aliphatic hydroxyl groups excluding tert-OH is 1. The lowest BCUT2D eigenvalue weighted by Crippen LogP contribution is -2.46. The summed E-state index contributed by atoms with van der Waals surface area (Å²) in [6, 6.07) is 13.2. The standard InChI is InChI=1S/C18H13N3O4/c19-8-13-16(20)25-15-7-10(23)5-6-12(15)18(13)11-3-1-2-4-14(11)21(9-22)17(18)24/h1-7,22-23H,9,20H2. The van der Waals surface area contributed by atoms with Crippen molar-refractivity contribution in [2.75, 3.05) is 11.6 Å². The van der Waals surface area contributed by atoms with Crippen molar-refractivity contribution < 1.29 is 19.7 Å². The number of ether oxygens (including phenoxy) is 1. The van der Waals surface area contributed by atoms with E-state index in [2.05, 4.69) is 0 Å². The van der Waals surface area contributed by atoms with E-state index in [-0.39, 0.29) is 23.0 Å². The summed E-state index contributed by atoms with van der Waals surface area (Å²) in [5.41, 5.74) is 5.80. The highest BCUT2D eigenvalue weighted by Crippen LogP contribution is 2.55. The first-order valence-corrected chi connectivity index (χ1v) is 7.49. The Labute approximate surface area is 142 Å². The number of fused-ring (bicyclic) bond motifs is 4. The number of hydrogen-bond acceptors (Lipinski definition) is 6. The van der Waals surface area contributed by atoms with Crippen LogP contribution in [0.1, 0.15) is 11.1 Å². The predicted molar refractivity (Wildman–Crippen MR) is 87.4 cm³/mol. The number of rotatable bonds is 1. The van der Waals surface area contributed by atoms with Crippen molar-refractivity contribution in [3.63, 3.8) is 0 Å². The maximum atomic E-state index is 13.3. The summed E-state index contributed by atoms with van der Waals surface area (Å²) in [6.45, 7) is -0.537. The Kier molecular flexibility index (Phi) is 3.01. The summed E-state index contributed by atoms with van der Waals surface area (Å²) in [7, 11) is 0. The Morgan fingerprint density at radius 3 is 2.72 bits per heavy atom. The van der Waals surface area contributed by atoms with E-state index in [1.807, 2.05) is 6.07 Å². The van der Waals surface area contributed by atoms with E-state index in [0.717, 1.165) is 0 Å². The fourth-order valence-electron chi connectivity index (χ4n) is 3.63. The van der Waals surface area contributed by atoms with Crippen molar-refractivity contribution in [1.29, 1.82) is 5.26 Å². The lowest BCUT2D eigenvalue weighted by atomic mass is 9.69. The van der Waals surface area contributed by atoms with Gasteiger partial charge < -0.3 is 20.7 Å². The van der Waals surface area contributed by atoms with E-state index in [1.54, 1.807) is 24.3 Å². The van der Waals surface area contributed by atoms with Crippen LogP contribution >= 0.6 is 0 Å². The highest BCUT2D eigenvalue weighted by molar-refractivity contribution is 6.14. The number of nitrogens with two attached hydrogens (primary N) is 1. The molecule has 2 aromatic rings. The maximum Gasteiger partial charge on any atom is 0.249 e. The predicted octanol–water partition coefficient (Wildman–Crippen LogP) is 1.06. The molecule has 0 fully saturated rings. The molecule has 2 aromatic carbocycles. The van der Waals surface area contributed by atoms with E-state index in [1.165, 1.54) is 23.1 Å². The molecule has 0 bridgehead atoms. The van der Waals surface area contributed by atoms with Crippen molar-refractivity contribution in [2.45, 2.75) is 5.41 Å². The zero-order valence-corrected chi connectivity index (χ0v) is 12.9. The average molecular weight is 335 g/mol. The number of hydrogen-bond donors (Lipinski definition) is 3. The SMILES string of the molecule is N#CC1=C(N)Oc2cc(O)ccc2C12C(=O)N(CO)c1ccccc12. The molecule has 1 unspecified atom stereocenters. The van der Waals surface area contributed by atoms with Gasteiger partial charge in [-0.25, -0.2) is 0 Å². The summed E-state index contributed by atoms with van der Waals surface area (Å²) in [5, 5.41) is 29.2. The Bertz CT molecular complexity index is 992. The van der Waals surface area contributed by atoms with Crippen molar-refractivity contribution >= 4 is 11.6 Å². The number of nitriles is 1. The van der Waals surface area contributed by atoms with Crippen LogP contribution in [-0.4, -0.2) is 22.9 Å². The van der Waals surface area contributed by atoms with Gasteiger partial charge >= 0.3 is 0 Å². The molecule has 0 aliphatic carbocycles. The monoisotopic (exact) mass is 335 g/mol. The zero-order valence-electron chi connectivity index (χ0n) is 12.9. The molecule has 7 heteroatoms. The number of phenolic OH excluding ortho intramolecular Hbond substituents is 1. The van der Waals surface area contributed by atoms with E-state index in [0.29, 0.717) is 16.8 Å². The largest absolute Gasteiger partial charge is 0.508 e. The second-order valence-corrected chi connectivity index (χ2v) is 5.78. The lowest BCUT2D eigenvalue weighted by Gasteiger charge is -2.34. The minimum absolute atomic E-state index is 0.0425. The van der Waals surface area contributed by atoms with Gasteiger partial charge in [-0.2, -0.15) is 5.26 Å². The quantitative estimate of drug-likeness (QED) is 0.717. The smallest absolute Gasteiger partial charge is 0.249 e. The highest BCUT2D eigenvalue weighted by Gasteiger charge is 2.58. The minimum Gasteiger partial charge on any atom is -0.508 e. The highest BCUT2D eigenvalue weighted by atomic mass is 16.5. The maximum absolute atomic E-state index is 13.3. The molecule has 0 radical (unpaired) electrons.